The Morgan fingerprint density at radius 3 is 2.74 bits per heavy atom. The van der Waals surface area contributed by atoms with Crippen molar-refractivity contribution in [1.82, 2.24) is 10.2 Å². The van der Waals surface area contributed by atoms with E-state index in [1.54, 1.807) is 12.1 Å². The van der Waals surface area contributed by atoms with Gasteiger partial charge in [-0.15, -0.1) is 0 Å². The minimum absolute atomic E-state index is 0.141. The monoisotopic (exact) mass is 264 g/mol. The quantitative estimate of drug-likeness (QED) is 0.882. The average Bonchev–Trinajstić information content (AvgIpc) is 2.92. The summed E-state index contributed by atoms with van der Waals surface area (Å²) in [5.41, 5.74) is 0.874. The highest BCUT2D eigenvalue weighted by molar-refractivity contribution is 5.79. The number of benzene rings is 1. The highest BCUT2D eigenvalue weighted by Crippen LogP contribution is 2.12. The van der Waals surface area contributed by atoms with E-state index in [1.165, 1.54) is 12.1 Å². The Kier molecular flexibility index (Phi) is 4.91. The van der Waals surface area contributed by atoms with Crippen LogP contribution in [0.15, 0.2) is 24.3 Å². The number of nitrogens with zero attached hydrogens (tertiary/aromatic N) is 1. The van der Waals surface area contributed by atoms with Gasteiger partial charge in [0, 0.05) is 19.1 Å². The predicted molar refractivity (Wildman–Crippen MR) is 73.4 cm³/mol. The molecule has 19 heavy (non-hydrogen) atoms. The van der Waals surface area contributed by atoms with E-state index in [-0.39, 0.29) is 11.7 Å². The molecular weight excluding hydrogens is 243 g/mol. The molecule has 104 valence electrons. The summed E-state index contributed by atoms with van der Waals surface area (Å²) in [5.74, 6) is -0.122. The van der Waals surface area contributed by atoms with Crippen molar-refractivity contribution in [3.8, 4) is 0 Å². The fraction of sp³-hybridized carbons (Fsp3) is 0.533. The third kappa shape index (κ3) is 3.77. The molecule has 1 unspecified atom stereocenters. The number of hydrogen-bond donors (Lipinski definition) is 1. The van der Waals surface area contributed by atoms with Crippen molar-refractivity contribution >= 4 is 5.91 Å². The van der Waals surface area contributed by atoms with Crippen molar-refractivity contribution in [2.45, 2.75) is 32.2 Å². The summed E-state index contributed by atoms with van der Waals surface area (Å²) in [5, 5.41) is 3.29. The Labute approximate surface area is 113 Å². The lowest BCUT2D eigenvalue weighted by Crippen LogP contribution is -2.42. The van der Waals surface area contributed by atoms with E-state index < -0.39 is 0 Å². The van der Waals surface area contributed by atoms with Crippen molar-refractivity contribution in [1.29, 1.82) is 0 Å². The first-order chi connectivity index (χ1) is 9.20. The van der Waals surface area contributed by atoms with E-state index in [1.807, 2.05) is 4.90 Å². The van der Waals surface area contributed by atoms with E-state index >= 15 is 0 Å². The largest absolute Gasteiger partial charge is 0.338 e. The van der Waals surface area contributed by atoms with Gasteiger partial charge in [-0.3, -0.25) is 4.79 Å². The van der Waals surface area contributed by atoms with E-state index in [0.717, 1.165) is 38.0 Å². The molecule has 3 nitrogen and oxygen atoms in total. The molecule has 1 heterocycles. The molecule has 1 amide bonds. The molecule has 0 saturated carbocycles. The summed E-state index contributed by atoms with van der Waals surface area (Å²) in [4.78, 5) is 14.4. The number of amides is 1. The molecule has 0 radical (unpaired) electrons. The average molecular weight is 264 g/mol. The second-order valence-corrected chi connectivity index (χ2v) is 5.04. The molecule has 0 spiro atoms. The van der Waals surface area contributed by atoms with Crippen LogP contribution in [0.5, 0.6) is 0 Å². The molecule has 0 bridgehead atoms. The van der Waals surface area contributed by atoms with Crippen molar-refractivity contribution in [2.24, 2.45) is 0 Å². The maximum atomic E-state index is 12.8. The van der Waals surface area contributed by atoms with Crippen molar-refractivity contribution in [3.63, 3.8) is 0 Å². The normalized spacial score (nSPS) is 18.5. The van der Waals surface area contributed by atoms with Crippen LogP contribution in [0.25, 0.3) is 0 Å². The second-order valence-electron chi connectivity index (χ2n) is 5.04. The fourth-order valence-corrected chi connectivity index (χ4v) is 2.54. The molecule has 1 N–H and O–H groups in total. The molecule has 1 atom stereocenters. The lowest BCUT2D eigenvalue weighted by atomic mass is 10.1. The van der Waals surface area contributed by atoms with Gasteiger partial charge in [-0.2, -0.15) is 0 Å². The Morgan fingerprint density at radius 1 is 1.42 bits per heavy atom. The van der Waals surface area contributed by atoms with Gasteiger partial charge in [0.2, 0.25) is 5.91 Å². The van der Waals surface area contributed by atoms with Crippen molar-refractivity contribution < 1.29 is 9.18 Å². The predicted octanol–water partition coefficient (Wildman–Crippen LogP) is 1.97. The Hall–Kier alpha value is -1.42. The minimum Gasteiger partial charge on any atom is -0.338 e. The van der Waals surface area contributed by atoms with Gasteiger partial charge in [0.1, 0.15) is 5.82 Å². The number of halogens is 1. The van der Waals surface area contributed by atoms with Gasteiger partial charge in [-0.05, 0) is 37.1 Å². The molecule has 0 aliphatic carbocycles. The zero-order valence-corrected chi connectivity index (χ0v) is 11.4. The standard InChI is InChI=1S/C15H21FN2O/c1-2-9-18(14-7-8-17-11-14)15(19)10-12-3-5-13(16)6-4-12/h3-6,14,17H,2,7-11H2,1H3. The van der Waals surface area contributed by atoms with Crippen LogP contribution in [0, 0.1) is 5.82 Å². The molecule has 1 aliphatic rings. The smallest absolute Gasteiger partial charge is 0.227 e. The first-order valence-electron chi connectivity index (χ1n) is 6.95. The van der Waals surface area contributed by atoms with Crippen LogP contribution in [-0.4, -0.2) is 36.5 Å². The van der Waals surface area contributed by atoms with Crippen LogP contribution in [0.1, 0.15) is 25.3 Å². The summed E-state index contributed by atoms with van der Waals surface area (Å²) in [7, 11) is 0. The summed E-state index contributed by atoms with van der Waals surface area (Å²) >= 11 is 0. The van der Waals surface area contributed by atoms with Gasteiger partial charge in [0.05, 0.1) is 6.42 Å². The molecule has 1 fully saturated rings. The second kappa shape index (κ2) is 6.66. The highest BCUT2D eigenvalue weighted by Gasteiger charge is 2.25. The van der Waals surface area contributed by atoms with E-state index in [9.17, 15) is 9.18 Å². The lowest BCUT2D eigenvalue weighted by molar-refractivity contribution is -0.132. The van der Waals surface area contributed by atoms with Crippen LogP contribution < -0.4 is 5.32 Å². The van der Waals surface area contributed by atoms with Gasteiger partial charge in [0.25, 0.3) is 0 Å². The van der Waals surface area contributed by atoms with Gasteiger partial charge in [-0.1, -0.05) is 19.1 Å². The topological polar surface area (TPSA) is 32.3 Å². The Balaban J connectivity index is 2.00. The maximum absolute atomic E-state index is 12.8. The molecule has 1 saturated heterocycles. The molecular formula is C15H21FN2O. The minimum atomic E-state index is -0.262. The Bertz CT molecular complexity index is 413. The van der Waals surface area contributed by atoms with Crippen LogP contribution in [0.4, 0.5) is 4.39 Å². The van der Waals surface area contributed by atoms with E-state index in [4.69, 9.17) is 0 Å². The third-order valence-electron chi connectivity index (χ3n) is 3.53. The van der Waals surface area contributed by atoms with Gasteiger partial charge in [0.15, 0.2) is 0 Å². The molecule has 1 aromatic rings. The first-order valence-corrected chi connectivity index (χ1v) is 6.95. The number of carbonyl (C=O) groups is 1. The summed E-state index contributed by atoms with van der Waals surface area (Å²) < 4.78 is 12.8. The number of carbonyl (C=O) groups excluding carboxylic acids is 1. The van der Waals surface area contributed by atoms with Gasteiger partial charge in [-0.25, -0.2) is 4.39 Å². The molecule has 1 aromatic carbocycles. The number of nitrogens with one attached hydrogen (secondary N) is 1. The Morgan fingerprint density at radius 2 is 2.16 bits per heavy atom. The number of rotatable bonds is 5. The summed E-state index contributed by atoms with van der Waals surface area (Å²) in [6, 6.07) is 6.50. The maximum Gasteiger partial charge on any atom is 0.227 e. The lowest BCUT2D eigenvalue weighted by Gasteiger charge is -2.28. The SMILES string of the molecule is CCCN(C(=O)Cc1ccc(F)cc1)C1CCNC1. The first kappa shape index (κ1) is 14.0. The van der Waals surface area contributed by atoms with Crippen LogP contribution in [0.2, 0.25) is 0 Å². The van der Waals surface area contributed by atoms with Gasteiger partial charge >= 0.3 is 0 Å². The third-order valence-corrected chi connectivity index (χ3v) is 3.53. The van der Waals surface area contributed by atoms with Crippen molar-refractivity contribution in [2.75, 3.05) is 19.6 Å². The van der Waals surface area contributed by atoms with Crippen LogP contribution in [-0.2, 0) is 11.2 Å². The molecule has 4 heteroatoms. The summed E-state index contributed by atoms with van der Waals surface area (Å²) in [6.45, 7) is 4.75. The summed E-state index contributed by atoms with van der Waals surface area (Å²) in [6.07, 6.45) is 2.34. The zero-order valence-electron chi connectivity index (χ0n) is 11.4. The van der Waals surface area contributed by atoms with Crippen LogP contribution >= 0.6 is 0 Å². The molecule has 0 aromatic heterocycles. The zero-order chi connectivity index (χ0) is 13.7. The molecule has 1 aliphatic heterocycles. The number of hydrogen-bond acceptors (Lipinski definition) is 2. The van der Waals surface area contributed by atoms with E-state index in [0.29, 0.717) is 12.5 Å². The van der Waals surface area contributed by atoms with Gasteiger partial charge < -0.3 is 10.2 Å². The van der Waals surface area contributed by atoms with Crippen molar-refractivity contribution in [3.05, 3.63) is 35.6 Å². The molecule has 2 rings (SSSR count). The van der Waals surface area contributed by atoms with E-state index in [2.05, 4.69) is 12.2 Å². The highest BCUT2D eigenvalue weighted by atomic mass is 19.1. The van der Waals surface area contributed by atoms with Crippen LogP contribution in [0.3, 0.4) is 0 Å². The fourth-order valence-electron chi connectivity index (χ4n) is 2.54.